The molecule has 4 atom stereocenters. The Kier molecular flexibility index (Phi) is 2.04. The number of ether oxygens (including phenoxy) is 1. The summed E-state index contributed by atoms with van der Waals surface area (Å²) in [6.45, 7) is 0. The molecule has 0 saturated carbocycles. The molecule has 3 aliphatic heterocycles. The quantitative estimate of drug-likeness (QED) is 0.678. The molecule has 3 heterocycles. The Balaban J connectivity index is 1.76. The molecule has 1 aromatic carbocycles. The zero-order valence-electron chi connectivity index (χ0n) is 10.3. The second kappa shape index (κ2) is 3.49. The van der Waals surface area contributed by atoms with Crippen LogP contribution >= 0.6 is 0 Å². The van der Waals surface area contributed by atoms with E-state index in [2.05, 4.69) is 36.2 Å². The molecular formula is C15H19NO. The maximum atomic E-state index is 6.10. The molecule has 0 aromatic heterocycles. The normalized spacial score (nSPS) is 38.8. The second-order valence-electron chi connectivity index (χ2n) is 5.78. The van der Waals surface area contributed by atoms with Crippen LogP contribution in [0.5, 0.6) is 0 Å². The van der Waals surface area contributed by atoms with Crippen LogP contribution in [-0.4, -0.2) is 25.3 Å². The van der Waals surface area contributed by atoms with E-state index in [4.69, 9.17) is 4.74 Å². The van der Waals surface area contributed by atoms with E-state index in [0.717, 1.165) is 0 Å². The van der Waals surface area contributed by atoms with Gasteiger partial charge in [-0.25, -0.2) is 0 Å². The van der Waals surface area contributed by atoms with Crippen LogP contribution in [0.25, 0.3) is 0 Å². The smallest absolute Gasteiger partial charge is 0.0630 e. The summed E-state index contributed by atoms with van der Waals surface area (Å²) in [6.07, 6.45) is 6.06. The predicted molar refractivity (Wildman–Crippen MR) is 68.3 cm³/mol. The lowest BCUT2D eigenvalue weighted by molar-refractivity contribution is -0.0443. The fraction of sp³-hybridized carbons (Fsp3) is 0.600. The highest BCUT2D eigenvalue weighted by Gasteiger charge is 2.46. The van der Waals surface area contributed by atoms with Crippen molar-refractivity contribution in [1.29, 1.82) is 0 Å². The van der Waals surface area contributed by atoms with E-state index in [1.807, 2.05) is 0 Å². The van der Waals surface area contributed by atoms with Crippen LogP contribution in [0.3, 0.4) is 0 Å². The third-order valence-corrected chi connectivity index (χ3v) is 4.94. The molecule has 17 heavy (non-hydrogen) atoms. The monoisotopic (exact) mass is 229 g/mol. The first-order chi connectivity index (χ1) is 8.33. The van der Waals surface area contributed by atoms with Gasteiger partial charge in [-0.05, 0) is 37.3 Å². The summed E-state index contributed by atoms with van der Waals surface area (Å²) in [7, 11) is 2.26. The van der Waals surface area contributed by atoms with Crippen molar-refractivity contribution in [3.63, 3.8) is 0 Å². The van der Waals surface area contributed by atoms with Gasteiger partial charge in [0.1, 0.15) is 0 Å². The van der Waals surface area contributed by atoms with Crippen LogP contribution in [0.4, 0.5) is 5.69 Å². The lowest BCUT2D eigenvalue weighted by atomic mass is 9.80. The van der Waals surface area contributed by atoms with Gasteiger partial charge in [0.05, 0.1) is 12.2 Å². The Morgan fingerprint density at radius 1 is 1.24 bits per heavy atom. The van der Waals surface area contributed by atoms with Crippen molar-refractivity contribution >= 4 is 5.69 Å². The summed E-state index contributed by atoms with van der Waals surface area (Å²) in [5.74, 6) is 0.716. The van der Waals surface area contributed by atoms with Crippen LogP contribution in [0, 0.1) is 5.92 Å². The van der Waals surface area contributed by atoms with Crippen molar-refractivity contribution in [1.82, 2.24) is 0 Å². The summed E-state index contributed by atoms with van der Waals surface area (Å²) in [5.41, 5.74) is 2.94. The Bertz CT molecular complexity index is 444. The van der Waals surface area contributed by atoms with E-state index >= 15 is 0 Å². The van der Waals surface area contributed by atoms with E-state index in [-0.39, 0.29) is 0 Å². The maximum absolute atomic E-state index is 6.10. The Morgan fingerprint density at radius 2 is 2.12 bits per heavy atom. The standard InChI is InChI=1S/C15H19NO/c1-16-13-5-3-2-4-10(13)8-12-14(16)9-11-6-7-15(12)17-11/h2-5,11-12,14-15H,6-9H2,1H3/t11-,12+,14-,15+/m1/s1. The molecule has 2 bridgehead atoms. The van der Waals surface area contributed by atoms with Crippen LogP contribution in [0.1, 0.15) is 24.8 Å². The molecule has 0 unspecified atom stereocenters. The van der Waals surface area contributed by atoms with Crippen LogP contribution in [-0.2, 0) is 11.2 Å². The molecule has 4 rings (SSSR count). The van der Waals surface area contributed by atoms with E-state index in [0.29, 0.717) is 24.2 Å². The van der Waals surface area contributed by atoms with Crippen LogP contribution in [0.15, 0.2) is 24.3 Å². The number of hydrogen-bond donors (Lipinski definition) is 0. The van der Waals surface area contributed by atoms with E-state index in [1.54, 1.807) is 0 Å². The zero-order valence-corrected chi connectivity index (χ0v) is 10.3. The van der Waals surface area contributed by atoms with Crippen molar-refractivity contribution in [2.45, 2.75) is 43.9 Å². The first-order valence-corrected chi connectivity index (χ1v) is 6.79. The third kappa shape index (κ3) is 1.37. The first kappa shape index (κ1) is 9.95. The van der Waals surface area contributed by atoms with Crippen molar-refractivity contribution in [2.24, 2.45) is 5.92 Å². The molecule has 3 aliphatic rings. The molecule has 90 valence electrons. The maximum Gasteiger partial charge on any atom is 0.0630 e. The lowest BCUT2D eigenvalue weighted by Crippen LogP contribution is -2.51. The molecule has 0 radical (unpaired) electrons. The Morgan fingerprint density at radius 3 is 3.06 bits per heavy atom. The fourth-order valence-electron chi connectivity index (χ4n) is 4.09. The van der Waals surface area contributed by atoms with Gasteiger partial charge in [-0.15, -0.1) is 0 Å². The third-order valence-electron chi connectivity index (χ3n) is 4.94. The molecule has 2 saturated heterocycles. The first-order valence-electron chi connectivity index (χ1n) is 6.79. The number of rotatable bonds is 0. The largest absolute Gasteiger partial charge is 0.375 e. The van der Waals surface area contributed by atoms with E-state index in [1.165, 1.54) is 36.9 Å². The van der Waals surface area contributed by atoms with Crippen LogP contribution in [0.2, 0.25) is 0 Å². The van der Waals surface area contributed by atoms with Crippen molar-refractivity contribution in [2.75, 3.05) is 11.9 Å². The minimum absolute atomic E-state index is 0.523. The highest BCUT2D eigenvalue weighted by atomic mass is 16.5. The molecule has 2 nitrogen and oxygen atoms in total. The highest BCUT2D eigenvalue weighted by molar-refractivity contribution is 5.56. The predicted octanol–water partition coefficient (Wildman–Crippen LogP) is 2.62. The van der Waals surface area contributed by atoms with Gasteiger partial charge in [0.2, 0.25) is 0 Å². The zero-order chi connectivity index (χ0) is 11.4. The summed E-state index contributed by atoms with van der Waals surface area (Å²) in [5, 5.41) is 0. The molecule has 0 spiro atoms. The highest BCUT2D eigenvalue weighted by Crippen LogP contribution is 2.45. The lowest BCUT2D eigenvalue weighted by Gasteiger charge is -2.47. The SMILES string of the molecule is CN1c2ccccc2C[C@@H]2[C@@H]3CC[C@H](C[C@H]21)O3. The molecule has 0 N–H and O–H groups in total. The topological polar surface area (TPSA) is 12.5 Å². The second-order valence-corrected chi connectivity index (χ2v) is 5.78. The molecule has 2 heteroatoms. The fourth-order valence-corrected chi connectivity index (χ4v) is 4.09. The van der Waals surface area contributed by atoms with Crippen LogP contribution < -0.4 is 4.90 Å². The molecule has 2 fully saturated rings. The number of anilines is 1. The van der Waals surface area contributed by atoms with Gasteiger partial charge in [0, 0.05) is 24.7 Å². The average Bonchev–Trinajstić information content (AvgIpc) is 2.75. The van der Waals surface area contributed by atoms with Gasteiger partial charge in [-0.3, -0.25) is 0 Å². The molecule has 0 amide bonds. The van der Waals surface area contributed by atoms with E-state index < -0.39 is 0 Å². The Hall–Kier alpha value is -1.02. The number of hydrogen-bond acceptors (Lipinski definition) is 2. The van der Waals surface area contributed by atoms with Gasteiger partial charge in [0.15, 0.2) is 0 Å². The molecule has 1 aromatic rings. The van der Waals surface area contributed by atoms with E-state index in [9.17, 15) is 0 Å². The van der Waals surface area contributed by atoms with Gasteiger partial charge in [0.25, 0.3) is 0 Å². The van der Waals surface area contributed by atoms with Gasteiger partial charge in [-0.1, -0.05) is 18.2 Å². The number of fused-ring (bicyclic) bond motifs is 5. The number of nitrogens with zero attached hydrogens (tertiary/aromatic N) is 1. The number of benzene rings is 1. The Labute approximate surface area is 103 Å². The van der Waals surface area contributed by atoms with Crippen molar-refractivity contribution in [3.8, 4) is 0 Å². The summed E-state index contributed by atoms with van der Waals surface area (Å²) in [6, 6.07) is 9.57. The minimum atomic E-state index is 0.523. The van der Waals surface area contributed by atoms with Crippen molar-refractivity contribution < 1.29 is 4.74 Å². The minimum Gasteiger partial charge on any atom is -0.375 e. The summed E-state index contributed by atoms with van der Waals surface area (Å²) >= 11 is 0. The molecule has 0 aliphatic carbocycles. The summed E-state index contributed by atoms with van der Waals surface area (Å²) < 4.78 is 6.10. The van der Waals surface area contributed by atoms with Gasteiger partial charge in [-0.2, -0.15) is 0 Å². The van der Waals surface area contributed by atoms with Gasteiger partial charge < -0.3 is 9.64 Å². The summed E-state index contributed by atoms with van der Waals surface area (Å²) in [4.78, 5) is 2.51. The van der Waals surface area contributed by atoms with Crippen molar-refractivity contribution in [3.05, 3.63) is 29.8 Å². The molecular weight excluding hydrogens is 210 g/mol. The van der Waals surface area contributed by atoms with Gasteiger partial charge >= 0.3 is 0 Å². The average molecular weight is 229 g/mol. The number of para-hydroxylation sites is 1.